The van der Waals surface area contributed by atoms with E-state index in [9.17, 15) is 20.0 Å². The number of hydrogen-bond donors (Lipinski definition) is 2. The minimum Gasteiger partial charge on any atom is -0.481 e. The molecule has 110 valence electrons. The predicted octanol–water partition coefficient (Wildman–Crippen LogP) is 2.54. The number of nitro groups is 1. The summed E-state index contributed by atoms with van der Waals surface area (Å²) in [4.78, 5) is 24.8. The Morgan fingerprint density at radius 3 is 2.55 bits per heavy atom. The zero-order chi connectivity index (χ0) is 15.3. The molecular formula is C13H19N3O4. The van der Waals surface area contributed by atoms with Crippen LogP contribution in [0.1, 0.15) is 27.2 Å². The molecule has 0 bridgehead atoms. The number of aromatic nitrogens is 1. The van der Waals surface area contributed by atoms with Gasteiger partial charge in [0.05, 0.1) is 11.6 Å². The Labute approximate surface area is 117 Å². The molecule has 1 rings (SSSR count). The molecule has 0 aliphatic heterocycles. The molecule has 1 atom stereocenters. The van der Waals surface area contributed by atoms with E-state index in [-0.39, 0.29) is 17.8 Å². The lowest BCUT2D eigenvalue weighted by Crippen LogP contribution is -2.27. The number of rotatable bonds is 6. The first-order valence-corrected chi connectivity index (χ1v) is 6.26. The second kappa shape index (κ2) is 6.31. The van der Waals surface area contributed by atoms with E-state index in [0.29, 0.717) is 12.1 Å². The Bertz CT molecular complexity index is 479. The number of carboxylic acid groups (broad SMARTS) is 1. The van der Waals surface area contributed by atoms with Gasteiger partial charge in [-0.05, 0) is 27.8 Å². The van der Waals surface area contributed by atoms with E-state index in [1.165, 1.54) is 18.3 Å². The molecule has 0 amide bonds. The maximum atomic E-state index is 11.2. The van der Waals surface area contributed by atoms with E-state index in [0.717, 1.165) is 0 Å². The van der Waals surface area contributed by atoms with Crippen LogP contribution in [-0.2, 0) is 4.79 Å². The fourth-order valence-electron chi connectivity index (χ4n) is 1.83. The van der Waals surface area contributed by atoms with Gasteiger partial charge < -0.3 is 20.5 Å². The average Bonchev–Trinajstić information content (AvgIpc) is 2.33. The third kappa shape index (κ3) is 5.21. The summed E-state index contributed by atoms with van der Waals surface area (Å²) >= 11 is 0. The van der Waals surface area contributed by atoms with Gasteiger partial charge in [0.2, 0.25) is 0 Å². The number of carboxylic acids is 1. The minimum atomic E-state index is -0.859. The molecule has 0 aliphatic rings. The van der Waals surface area contributed by atoms with Gasteiger partial charge in [0.15, 0.2) is 6.20 Å². The standard InChI is InChI=1S/C13H19N3O4/c1-13(2,3)6-9(12(17)18)7-14-10-4-5-11(15-8-10)16(19)20/h4-5,8-9,14H,6-7H2,1-3H3,(H,17,18). The van der Waals surface area contributed by atoms with Crippen LogP contribution >= 0.6 is 0 Å². The number of aliphatic carboxylic acids is 1. The maximum absolute atomic E-state index is 11.2. The Balaban J connectivity index is 2.63. The van der Waals surface area contributed by atoms with Crippen molar-refractivity contribution < 1.29 is 14.8 Å². The van der Waals surface area contributed by atoms with Gasteiger partial charge in [-0.1, -0.05) is 20.8 Å². The molecule has 1 aromatic rings. The summed E-state index contributed by atoms with van der Waals surface area (Å²) in [5, 5.41) is 22.6. The quantitative estimate of drug-likeness (QED) is 0.613. The van der Waals surface area contributed by atoms with Crippen LogP contribution in [0, 0.1) is 21.4 Å². The van der Waals surface area contributed by atoms with Gasteiger partial charge >= 0.3 is 11.8 Å². The number of hydrogen-bond acceptors (Lipinski definition) is 5. The van der Waals surface area contributed by atoms with Gasteiger partial charge in [0.25, 0.3) is 0 Å². The molecule has 1 unspecified atom stereocenters. The summed E-state index contributed by atoms with van der Waals surface area (Å²) < 4.78 is 0. The molecule has 2 N–H and O–H groups in total. The van der Waals surface area contributed by atoms with Crippen molar-refractivity contribution in [1.29, 1.82) is 0 Å². The normalized spacial score (nSPS) is 12.8. The van der Waals surface area contributed by atoms with Gasteiger partial charge in [-0.3, -0.25) is 4.79 Å². The largest absolute Gasteiger partial charge is 0.481 e. The monoisotopic (exact) mass is 281 g/mol. The highest BCUT2D eigenvalue weighted by Gasteiger charge is 2.24. The van der Waals surface area contributed by atoms with Crippen LogP contribution in [0.2, 0.25) is 0 Å². The van der Waals surface area contributed by atoms with E-state index in [2.05, 4.69) is 10.3 Å². The number of anilines is 1. The molecule has 0 aromatic carbocycles. The Kier molecular flexibility index (Phi) is 5.01. The van der Waals surface area contributed by atoms with Crippen LogP contribution in [0.15, 0.2) is 18.3 Å². The van der Waals surface area contributed by atoms with E-state index in [1.807, 2.05) is 20.8 Å². The average molecular weight is 281 g/mol. The summed E-state index contributed by atoms with van der Waals surface area (Å²) in [6, 6.07) is 2.79. The molecule has 1 heterocycles. The predicted molar refractivity (Wildman–Crippen MR) is 74.6 cm³/mol. The van der Waals surface area contributed by atoms with E-state index in [4.69, 9.17) is 0 Å². The first-order chi connectivity index (χ1) is 9.19. The minimum absolute atomic E-state index is 0.0849. The molecule has 0 spiro atoms. The van der Waals surface area contributed by atoms with E-state index >= 15 is 0 Å². The molecule has 0 aliphatic carbocycles. The summed E-state index contributed by atoms with van der Waals surface area (Å²) in [5.74, 6) is -1.62. The lowest BCUT2D eigenvalue weighted by molar-refractivity contribution is -0.389. The molecule has 0 fully saturated rings. The first-order valence-electron chi connectivity index (χ1n) is 6.26. The van der Waals surface area contributed by atoms with Crippen LogP contribution in [-0.4, -0.2) is 27.5 Å². The molecule has 20 heavy (non-hydrogen) atoms. The van der Waals surface area contributed by atoms with Crippen molar-refractivity contribution in [2.75, 3.05) is 11.9 Å². The zero-order valence-corrected chi connectivity index (χ0v) is 11.8. The molecule has 0 saturated heterocycles. The number of nitrogens with zero attached hydrogens (tertiary/aromatic N) is 2. The van der Waals surface area contributed by atoms with Crippen molar-refractivity contribution in [2.24, 2.45) is 11.3 Å². The van der Waals surface area contributed by atoms with Crippen LogP contribution in [0.3, 0.4) is 0 Å². The number of pyridine rings is 1. The van der Waals surface area contributed by atoms with Gasteiger partial charge in [0.1, 0.15) is 0 Å². The number of carbonyl (C=O) groups is 1. The van der Waals surface area contributed by atoms with E-state index in [1.54, 1.807) is 0 Å². The van der Waals surface area contributed by atoms with Gasteiger partial charge in [0, 0.05) is 12.6 Å². The van der Waals surface area contributed by atoms with Gasteiger partial charge in [-0.15, -0.1) is 0 Å². The van der Waals surface area contributed by atoms with E-state index < -0.39 is 16.8 Å². The Morgan fingerprint density at radius 1 is 1.50 bits per heavy atom. The molecule has 7 nitrogen and oxygen atoms in total. The van der Waals surface area contributed by atoms with Crippen molar-refractivity contribution in [3.63, 3.8) is 0 Å². The second-order valence-corrected chi connectivity index (χ2v) is 5.84. The summed E-state index contributed by atoms with van der Waals surface area (Å²) in [6.45, 7) is 6.20. The van der Waals surface area contributed by atoms with Crippen molar-refractivity contribution in [3.05, 3.63) is 28.4 Å². The number of nitrogens with one attached hydrogen (secondary N) is 1. The fraction of sp³-hybridized carbons (Fsp3) is 0.538. The lowest BCUT2D eigenvalue weighted by Gasteiger charge is -2.23. The highest BCUT2D eigenvalue weighted by atomic mass is 16.6. The third-order valence-electron chi connectivity index (χ3n) is 2.70. The Morgan fingerprint density at radius 2 is 2.15 bits per heavy atom. The van der Waals surface area contributed by atoms with Crippen LogP contribution < -0.4 is 5.32 Å². The van der Waals surface area contributed by atoms with Crippen LogP contribution in [0.5, 0.6) is 0 Å². The first kappa shape index (κ1) is 15.9. The van der Waals surface area contributed by atoms with Crippen LogP contribution in [0.25, 0.3) is 0 Å². The Hall–Kier alpha value is -2.18. The van der Waals surface area contributed by atoms with Crippen molar-refractivity contribution in [1.82, 2.24) is 4.98 Å². The third-order valence-corrected chi connectivity index (χ3v) is 2.70. The molecular weight excluding hydrogens is 262 g/mol. The second-order valence-electron chi connectivity index (χ2n) is 5.84. The smallest absolute Gasteiger partial charge is 0.363 e. The molecule has 0 saturated carbocycles. The fourth-order valence-corrected chi connectivity index (χ4v) is 1.83. The SMILES string of the molecule is CC(C)(C)CC(CNc1ccc([N+](=O)[O-])nc1)C(=O)O. The van der Waals surface area contributed by atoms with Crippen molar-refractivity contribution >= 4 is 17.5 Å². The van der Waals surface area contributed by atoms with Crippen molar-refractivity contribution in [3.8, 4) is 0 Å². The molecule has 0 radical (unpaired) electrons. The summed E-state index contributed by atoms with van der Waals surface area (Å²) in [7, 11) is 0. The van der Waals surface area contributed by atoms with Crippen LogP contribution in [0.4, 0.5) is 11.5 Å². The zero-order valence-electron chi connectivity index (χ0n) is 11.8. The topological polar surface area (TPSA) is 105 Å². The van der Waals surface area contributed by atoms with Crippen molar-refractivity contribution in [2.45, 2.75) is 27.2 Å². The molecule has 7 heteroatoms. The maximum Gasteiger partial charge on any atom is 0.363 e. The van der Waals surface area contributed by atoms with Gasteiger partial charge in [-0.25, -0.2) is 0 Å². The lowest BCUT2D eigenvalue weighted by atomic mass is 9.84. The highest BCUT2D eigenvalue weighted by Crippen LogP contribution is 2.25. The summed E-state index contributed by atoms with van der Waals surface area (Å²) in [5.41, 5.74) is 0.481. The van der Waals surface area contributed by atoms with Gasteiger partial charge in [-0.2, -0.15) is 0 Å². The highest BCUT2D eigenvalue weighted by molar-refractivity contribution is 5.71. The molecule has 1 aromatic heterocycles. The summed E-state index contributed by atoms with van der Waals surface area (Å²) in [6.07, 6.45) is 1.86.